The molecule has 3 heteroatoms. The van der Waals surface area contributed by atoms with Gasteiger partial charge in [0, 0.05) is 11.4 Å². The molecule has 0 amide bonds. The van der Waals surface area contributed by atoms with Crippen LogP contribution in [-0.4, -0.2) is 6.10 Å². The maximum atomic E-state index is 6.65. The van der Waals surface area contributed by atoms with Gasteiger partial charge < -0.3 is 4.74 Å². The van der Waals surface area contributed by atoms with Gasteiger partial charge in [-0.3, -0.25) is 0 Å². The first-order chi connectivity index (χ1) is 9.54. The summed E-state index contributed by atoms with van der Waals surface area (Å²) in [5, 5.41) is 0.532. The van der Waals surface area contributed by atoms with Crippen molar-refractivity contribution in [1.29, 1.82) is 0 Å². The van der Waals surface area contributed by atoms with Crippen LogP contribution in [0.25, 0.3) is 0 Å². The number of hydrogen-bond donors (Lipinski definition) is 0. The second-order valence-electron chi connectivity index (χ2n) is 5.36. The van der Waals surface area contributed by atoms with Crippen LogP contribution >= 0.6 is 23.2 Å². The van der Waals surface area contributed by atoms with Gasteiger partial charge in [0.2, 0.25) is 0 Å². The van der Waals surface area contributed by atoms with E-state index in [4.69, 9.17) is 27.9 Å². The molecule has 0 spiro atoms. The van der Waals surface area contributed by atoms with Crippen molar-refractivity contribution < 1.29 is 4.74 Å². The Kier molecular flexibility index (Phi) is 3.66. The lowest BCUT2D eigenvalue weighted by molar-refractivity contribution is 0.254. The molecule has 0 aromatic heterocycles. The van der Waals surface area contributed by atoms with Crippen LogP contribution in [0, 0.1) is 6.92 Å². The van der Waals surface area contributed by atoms with Crippen molar-refractivity contribution >= 4 is 23.2 Å². The number of halogens is 2. The van der Waals surface area contributed by atoms with E-state index in [1.807, 2.05) is 30.3 Å². The molecule has 2 atom stereocenters. The highest BCUT2D eigenvalue weighted by molar-refractivity contribution is 6.31. The molecule has 0 aliphatic carbocycles. The van der Waals surface area contributed by atoms with Gasteiger partial charge in [-0.25, -0.2) is 0 Å². The SMILES string of the molecule is Cc1ccc(Cl)cc1C(Cl)c1ccc2c(c1)CC(C)O2. The third kappa shape index (κ3) is 2.53. The van der Waals surface area contributed by atoms with Gasteiger partial charge in [0.25, 0.3) is 0 Å². The molecule has 1 aliphatic heterocycles. The quantitative estimate of drug-likeness (QED) is 0.684. The molecule has 0 fully saturated rings. The van der Waals surface area contributed by atoms with Crippen LogP contribution in [0.4, 0.5) is 0 Å². The first-order valence-electron chi connectivity index (χ1n) is 6.74. The minimum absolute atomic E-state index is 0.185. The van der Waals surface area contributed by atoms with E-state index in [0.29, 0.717) is 0 Å². The van der Waals surface area contributed by atoms with Gasteiger partial charge in [-0.15, -0.1) is 11.6 Å². The number of hydrogen-bond acceptors (Lipinski definition) is 1. The zero-order valence-corrected chi connectivity index (χ0v) is 13.0. The smallest absolute Gasteiger partial charge is 0.123 e. The normalized spacial score (nSPS) is 18.5. The lowest BCUT2D eigenvalue weighted by atomic mass is 9.98. The summed E-state index contributed by atoms with van der Waals surface area (Å²) in [6.45, 7) is 4.14. The molecule has 0 saturated heterocycles. The fourth-order valence-electron chi connectivity index (χ4n) is 2.66. The van der Waals surface area contributed by atoms with Crippen molar-refractivity contribution in [3.05, 3.63) is 63.7 Å². The zero-order chi connectivity index (χ0) is 14.3. The Bertz CT molecular complexity index is 651. The molecule has 104 valence electrons. The van der Waals surface area contributed by atoms with E-state index in [9.17, 15) is 0 Å². The van der Waals surface area contributed by atoms with E-state index in [0.717, 1.165) is 33.9 Å². The van der Waals surface area contributed by atoms with E-state index < -0.39 is 0 Å². The summed E-state index contributed by atoms with van der Waals surface area (Å²) in [5.41, 5.74) is 4.54. The topological polar surface area (TPSA) is 9.23 Å². The highest BCUT2D eigenvalue weighted by Crippen LogP contribution is 2.37. The summed E-state index contributed by atoms with van der Waals surface area (Å²) in [5.74, 6) is 0.980. The number of ether oxygens (including phenoxy) is 1. The van der Waals surface area contributed by atoms with E-state index in [-0.39, 0.29) is 11.5 Å². The molecular formula is C17H16Cl2O. The summed E-state index contributed by atoms with van der Waals surface area (Å²) >= 11 is 12.7. The molecule has 0 N–H and O–H groups in total. The number of rotatable bonds is 2. The summed E-state index contributed by atoms with van der Waals surface area (Å²) in [6.07, 6.45) is 1.20. The van der Waals surface area contributed by atoms with Crippen molar-refractivity contribution in [2.75, 3.05) is 0 Å². The van der Waals surface area contributed by atoms with Crippen LogP contribution in [-0.2, 0) is 6.42 Å². The summed E-state index contributed by atoms with van der Waals surface area (Å²) < 4.78 is 5.73. The van der Waals surface area contributed by atoms with Crippen molar-refractivity contribution in [3.63, 3.8) is 0 Å². The van der Waals surface area contributed by atoms with Crippen molar-refractivity contribution in [2.24, 2.45) is 0 Å². The lowest BCUT2D eigenvalue weighted by Crippen LogP contribution is -2.05. The van der Waals surface area contributed by atoms with Crippen LogP contribution in [0.2, 0.25) is 5.02 Å². The Hall–Kier alpha value is -1.18. The summed E-state index contributed by atoms with van der Waals surface area (Å²) in [6, 6.07) is 12.0. The van der Waals surface area contributed by atoms with Gasteiger partial charge >= 0.3 is 0 Å². The first-order valence-corrected chi connectivity index (χ1v) is 7.55. The lowest BCUT2D eigenvalue weighted by Gasteiger charge is -2.14. The van der Waals surface area contributed by atoms with Crippen LogP contribution in [0.5, 0.6) is 5.75 Å². The fraction of sp³-hybridized carbons (Fsp3) is 0.294. The van der Waals surface area contributed by atoms with Gasteiger partial charge in [-0.05, 0) is 54.3 Å². The Morgan fingerprint density at radius 3 is 2.80 bits per heavy atom. The average molecular weight is 307 g/mol. The number of benzene rings is 2. The minimum atomic E-state index is -0.185. The Morgan fingerprint density at radius 2 is 2.00 bits per heavy atom. The molecule has 0 radical (unpaired) electrons. The summed E-state index contributed by atoms with van der Waals surface area (Å²) in [4.78, 5) is 0. The molecule has 2 aromatic rings. The van der Waals surface area contributed by atoms with Gasteiger partial charge in [0.1, 0.15) is 11.9 Å². The van der Waals surface area contributed by atoms with Crippen LogP contribution < -0.4 is 4.74 Å². The third-order valence-electron chi connectivity index (χ3n) is 3.73. The summed E-state index contributed by atoms with van der Waals surface area (Å²) in [7, 11) is 0. The molecule has 1 heterocycles. The predicted octanol–water partition coefficient (Wildman–Crippen LogP) is 5.30. The van der Waals surface area contributed by atoms with E-state index in [1.165, 1.54) is 5.56 Å². The van der Waals surface area contributed by atoms with Gasteiger partial charge in [-0.1, -0.05) is 29.8 Å². The van der Waals surface area contributed by atoms with E-state index in [1.54, 1.807) is 0 Å². The molecule has 3 rings (SSSR count). The zero-order valence-electron chi connectivity index (χ0n) is 11.5. The molecule has 20 heavy (non-hydrogen) atoms. The average Bonchev–Trinajstić information content (AvgIpc) is 2.79. The van der Waals surface area contributed by atoms with Crippen LogP contribution in [0.1, 0.15) is 34.6 Å². The van der Waals surface area contributed by atoms with Crippen LogP contribution in [0.3, 0.4) is 0 Å². The molecule has 2 aromatic carbocycles. The number of fused-ring (bicyclic) bond motifs is 1. The third-order valence-corrected chi connectivity index (χ3v) is 4.45. The number of alkyl halides is 1. The second kappa shape index (κ2) is 5.31. The van der Waals surface area contributed by atoms with Gasteiger partial charge in [0.05, 0.1) is 5.38 Å². The Morgan fingerprint density at radius 1 is 1.20 bits per heavy atom. The monoisotopic (exact) mass is 306 g/mol. The Balaban J connectivity index is 1.97. The molecule has 0 bridgehead atoms. The van der Waals surface area contributed by atoms with Crippen molar-refractivity contribution in [1.82, 2.24) is 0 Å². The molecule has 1 aliphatic rings. The van der Waals surface area contributed by atoms with Gasteiger partial charge in [-0.2, -0.15) is 0 Å². The first kappa shape index (κ1) is 13.8. The molecular weight excluding hydrogens is 291 g/mol. The predicted molar refractivity (Wildman–Crippen MR) is 84.1 cm³/mol. The second-order valence-corrected chi connectivity index (χ2v) is 6.24. The number of aryl methyl sites for hydroxylation is 1. The fourth-order valence-corrected chi connectivity index (χ4v) is 3.21. The highest BCUT2D eigenvalue weighted by atomic mass is 35.5. The van der Waals surface area contributed by atoms with Gasteiger partial charge in [0.15, 0.2) is 0 Å². The highest BCUT2D eigenvalue weighted by Gasteiger charge is 2.21. The van der Waals surface area contributed by atoms with Crippen molar-refractivity contribution in [2.45, 2.75) is 31.7 Å². The van der Waals surface area contributed by atoms with Crippen LogP contribution in [0.15, 0.2) is 36.4 Å². The molecule has 0 saturated carbocycles. The standard InChI is InChI=1S/C17H16Cl2O/c1-10-3-5-14(18)9-15(10)17(19)12-4-6-16-13(8-12)7-11(2)20-16/h3-6,8-9,11,17H,7H2,1-2H3. The molecule has 2 unspecified atom stereocenters. The Labute approximate surface area is 129 Å². The maximum Gasteiger partial charge on any atom is 0.123 e. The van der Waals surface area contributed by atoms with Crippen molar-refractivity contribution in [3.8, 4) is 5.75 Å². The van der Waals surface area contributed by atoms with E-state index in [2.05, 4.69) is 19.9 Å². The largest absolute Gasteiger partial charge is 0.490 e. The van der Waals surface area contributed by atoms with E-state index >= 15 is 0 Å². The molecule has 1 nitrogen and oxygen atoms in total. The maximum absolute atomic E-state index is 6.65. The minimum Gasteiger partial charge on any atom is -0.490 e.